The first-order valence-corrected chi connectivity index (χ1v) is 4.98. The van der Waals surface area contributed by atoms with Gasteiger partial charge in [-0.3, -0.25) is 0 Å². The predicted octanol–water partition coefficient (Wildman–Crippen LogP) is 2.20. The normalized spacial score (nSPS) is 13.2. The number of hydrogen-bond donors (Lipinski definition) is 1. The van der Waals surface area contributed by atoms with Gasteiger partial charge < -0.3 is 9.84 Å². The summed E-state index contributed by atoms with van der Waals surface area (Å²) in [6.45, 7) is 0.968. The van der Waals surface area contributed by atoms with Crippen LogP contribution in [0.25, 0.3) is 0 Å². The Morgan fingerprint density at radius 1 is 1.44 bits per heavy atom. The van der Waals surface area contributed by atoms with Crippen molar-refractivity contribution in [2.45, 2.75) is 19.0 Å². The molecule has 1 atom stereocenters. The van der Waals surface area contributed by atoms with Gasteiger partial charge in [0, 0.05) is 5.56 Å². The number of esters is 1. The highest BCUT2D eigenvalue weighted by atomic mass is 19.3. The summed E-state index contributed by atoms with van der Waals surface area (Å²) in [6, 6.07) is 1.68. The van der Waals surface area contributed by atoms with E-state index in [4.69, 9.17) is 0 Å². The molecule has 0 amide bonds. The van der Waals surface area contributed by atoms with Crippen molar-refractivity contribution in [3.63, 3.8) is 0 Å². The molecule has 0 aromatic heterocycles. The Morgan fingerprint density at radius 2 is 2.06 bits per heavy atom. The third-order valence-corrected chi connectivity index (χ3v) is 2.14. The van der Waals surface area contributed by atoms with Crippen LogP contribution in [0.2, 0.25) is 0 Å². The van der Waals surface area contributed by atoms with E-state index in [1.54, 1.807) is 0 Å². The first-order chi connectivity index (χ1) is 8.30. The molecular weight excluding hydrogens is 256 g/mol. The van der Waals surface area contributed by atoms with Gasteiger partial charge in [-0.15, -0.1) is 0 Å². The first kappa shape index (κ1) is 14.4. The molecule has 0 spiro atoms. The number of carbonyl (C=O) groups is 1. The van der Waals surface area contributed by atoms with E-state index in [2.05, 4.69) is 4.74 Å². The summed E-state index contributed by atoms with van der Waals surface area (Å²) in [5, 5.41) is 9.29. The van der Waals surface area contributed by atoms with Crippen LogP contribution in [-0.4, -0.2) is 23.6 Å². The van der Waals surface area contributed by atoms with Crippen LogP contribution in [0.1, 0.15) is 18.6 Å². The van der Waals surface area contributed by atoms with Crippen LogP contribution in [0.5, 0.6) is 0 Å². The van der Waals surface area contributed by atoms with Crippen molar-refractivity contribution in [2.75, 3.05) is 6.61 Å². The van der Waals surface area contributed by atoms with E-state index in [1.807, 2.05) is 0 Å². The van der Waals surface area contributed by atoms with E-state index < -0.39 is 35.2 Å². The average Bonchev–Trinajstić information content (AvgIpc) is 2.31. The van der Waals surface area contributed by atoms with E-state index in [-0.39, 0.29) is 6.61 Å². The summed E-state index contributed by atoms with van der Waals surface area (Å²) in [6.07, 6.45) is -2.81. The second kappa shape index (κ2) is 5.34. The van der Waals surface area contributed by atoms with Gasteiger partial charge >= 0.3 is 11.9 Å². The molecule has 100 valence electrons. The van der Waals surface area contributed by atoms with Crippen LogP contribution >= 0.6 is 0 Å². The lowest BCUT2D eigenvalue weighted by molar-refractivity contribution is -0.189. The Balaban J connectivity index is 3.08. The van der Waals surface area contributed by atoms with Crippen molar-refractivity contribution in [3.8, 4) is 0 Å². The number of benzene rings is 1. The molecule has 18 heavy (non-hydrogen) atoms. The highest BCUT2D eigenvalue weighted by Gasteiger charge is 2.49. The van der Waals surface area contributed by atoms with Gasteiger partial charge in [-0.2, -0.15) is 8.78 Å². The third-order valence-electron chi connectivity index (χ3n) is 2.14. The zero-order valence-electron chi connectivity index (χ0n) is 9.29. The standard InChI is InChI=1S/C11H10F4O3/c1-2-18-10(17)11(14,15)9(16)7-5-6(12)3-4-8(7)13/h3-5,9,16H,2H2,1H3. The van der Waals surface area contributed by atoms with Crippen molar-refractivity contribution in [3.05, 3.63) is 35.4 Å². The van der Waals surface area contributed by atoms with Gasteiger partial charge in [0.25, 0.3) is 0 Å². The van der Waals surface area contributed by atoms with Crippen molar-refractivity contribution in [1.29, 1.82) is 0 Å². The monoisotopic (exact) mass is 266 g/mol. The molecule has 1 rings (SSSR count). The summed E-state index contributed by atoms with van der Waals surface area (Å²) in [5.41, 5.74) is -1.01. The molecule has 0 aliphatic heterocycles. The molecule has 1 aromatic carbocycles. The quantitative estimate of drug-likeness (QED) is 0.671. The van der Waals surface area contributed by atoms with Crippen molar-refractivity contribution < 1.29 is 32.2 Å². The molecule has 0 fully saturated rings. The largest absolute Gasteiger partial charge is 0.461 e. The molecule has 1 N–H and O–H groups in total. The molecule has 1 aromatic rings. The fourth-order valence-electron chi connectivity index (χ4n) is 1.26. The topological polar surface area (TPSA) is 46.5 Å². The summed E-state index contributed by atoms with van der Waals surface area (Å²) in [5.74, 6) is -8.61. The molecule has 0 aliphatic rings. The lowest BCUT2D eigenvalue weighted by Gasteiger charge is -2.21. The Bertz CT molecular complexity index is 448. The van der Waals surface area contributed by atoms with Crippen molar-refractivity contribution in [2.24, 2.45) is 0 Å². The number of halogens is 4. The maximum absolute atomic E-state index is 13.4. The van der Waals surface area contributed by atoms with Gasteiger partial charge in [0.2, 0.25) is 0 Å². The first-order valence-electron chi connectivity index (χ1n) is 4.98. The minimum absolute atomic E-state index is 0.327. The summed E-state index contributed by atoms with van der Waals surface area (Å²) in [4.78, 5) is 10.9. The number of ether oxygens (including phenoxy) is 1. The SMILES string of the molecule is CCOC(=O)C(F)(F)C(O)c1cc(F)ccc1F. The number of carbonyl (C=O) groups excluding carboxylic acids is 1. The molecule has 0 heterocycles. The number of alkyl halides is 2. The zero-order valence-corrected chi connectivity index (χ0v) is 9.29. The fraction of sp³-hybridized carbons (Fsp3) is 0.364. The van der Waals surface area contributed by atoms with Crippen molar-refractivity contribution >= 4 is 5.97 Å². The molecular formula is C11H10F4O3. The lowest BCUT2D eigenvalue weighted by Crippen LogP contribution is -2.37. The fourth-order valence-corrected chi connectivity index (χ4v) is 1.26. The van der Waals surface area contributed by atoms with Gasteiger partial charge in [0.05, 0.1) is 6.61 Å². The zero-order chi connectivity index (χ0) is 13.9. The van der Waals surface area contributed by atoms with Crippen LogP contribution in [0.4, 0.5) is 17.6 Å². The second-order valence-corrected chi connectivity index (χ2v) is 3.41. The molecule has 0 aliphatic carbocycles. The van der Waals surface area contributed by atoms with E-state index >= 15 is 0 Å². The average molecular weight is 266 g/mol. The molecule has 0 bridgehead atoms. The van der Waals surface area contributed by atoms with Gasteiger partial charge in [0.1, 0.15) is 11.6 Å². The minimum atomic E-state index is -4.36. The lowest BCUT2D eigenvalue weighted by atomic mass is 10.0. The summed E-state index contributed by atoms with van der Waals surface area (Å²) >= 11 is 0. The highest BCUT2D eigenvalue weighted by Crippen LogP contribution is 2.34. The third kappa shape index (κ3) is 2.79. The van der Waals surface area contributed by atoms with Crippen LogP contribution in [0.3, 0.4) is 0 Å². The van der Waals surface area contributed by atoms with Crippen LogP contribution < -0.4 is 0 Å². The van der Waals surface area contributed by atoms with Gasteiger partial charge in [0.15, 0.2) is 6.10 Å². The maximum atomic E-state index is 13.4. The van der Waals surface area contributed by atoms with Crippen molar-refractivity contribution in [1.82, 2.24) is 0 Å². The highest BCUT2D eigenvalue weighted by molar-refractivity contribution is 5.78. The molecule has 7 heteroatoms. The Labute approximate surface area is 100.0 Å². The number of aliphatic hydroxyl groups excluding tert-OH is 1. The van der Waals surface area contributed by atoms with Gasteiger partial charge in [-0.05, 0) is 25.1 Å². The molecule has 3 nitrogen and oxygen atoms in total. The maximum Gasteiger partial charge on any atom is 0.380 e. The second-order valence-electron chi connectivity index (χ2n) is 3.41. The van der Waals surface area contributed by atoms with Crippen LogP contribution in [0, 0.1) is 11.6 Å². The Hall–Kier alpha value is -1.63. The van der Waals surface area contributed by atoms with Gasteiger partial charge in [-0.1, -0.05) is 0 Å². The smallest absolute Gasteiger partial charge is 0.380 e. The Kier molecular flexibility index (Phi) is 4.28. The summed E-state index contributed by atoms with van der Waals surface area (Å²) < 4.78 is 56.8. The van der Waals surface area contributed by atoms with Crippen LogP contribution in [-0.2, 0) is 9.53 Å². The van der Waals surface area contributed by atoms with Crippen LogP contribution in [0.15, 0.2) is 18.2 Å². The predicted molar refractivity (Wildman–Crippen MR) is 52.9 cm³/mol. The van der Waals surface area contributed by atoms with E-state index in [0.29, 0.717) is 18.2 Å². The minimum Gasteiger partial charge on any atom is -0.461 e. The number of hydrogen-bond acceptors (Lipinski definition) is 3. The van der Waals surface area contributed by atoms with E-state index in [1.165, 1.54) is 6.92 Å². The molecule has 0 radical (unpaired) electrons. The Morgan fingerprint density at radius 3 is 2.61 bits per heavy atom. The summed E-state index contributed by atoms with van der Waals surface area (Å²) in [7, 11) is 0. The molecule has 0 saturated carbocycles. The number of rotatable bonds is 4. The van der Waals surface area contributed by atoms with E-state index in [9.17, 15) is 27.5 Å². The molecule has 0 saturated heterocycles. The van der Waals surface area contributed by atoms with E-state index in [0.717, 1.165) is 0 Å². The van der Waals surface area contributed by atoms with Gasteiger partial charge in [-0.25, -0.2) is 13.6 Å². The number of aliphatic hydroxyl groups is 1. The molecule has 1 unspecified atom stereocenters.